The highest BCUT2D eigenvalue weighted by Gasteiger charge is 2.24. The van der Waals surface area contributed by atoms with Crippen molar-refractivity contribution in [1.82, 2.24) is 9.97 Å². The lowest BCUT2D eigenvalue weighted by molar-refractivity contribution is 0.105. The molecule has 3 rings (SSSR count). The molecule has 2 aliphatic rings. The lowest BCUT2D eigenvalue weighted by atomic mass is 10.0. The molecule has 1 saturated heterocycles. The van der Waals surface area contributed by atoms with Crippen LogP contribution in [0.15, 0.2) is 6.07 Å². The van der Waals surface area contributed by atoms with Crippen molar-refractivity contribution in [3.63, 3.8) is 0 Å². The topological polar surface area (TPSA) is 35.0 Å². The predicted octanol–water partition coefficient (Wildman–Crippen LogP) is 3.64. The van der Waals surface area contributed by atoms with Gasteiger partial charge in [0.1, 0.15) is 11.3 Å². The summed E-state index contributed by atoms with van der Waals surface area (Å²) in [5.74, 6) is 1.37. The number of rotatable bonds is 2. The van der Waals surface area contributed by atoms with Crippen molar-refractivity contribution in [2.24, 2.45) is 0 Å². The Kier molecular flexibility index (Phi) is 3.30. The summed E-state index contributed by atoms with van der Waals surface area (Å²) < 4.78 is 5.63. The molecule has 4 heteroatoms. The first-order valence-corrected chi connectivity index (χ1v) is 6.87. The second-order valence-electron chi connectivity index (χ2n) is 4.96. The van der Waals surface area contributed by atoms with Gasteiger partial charge in [-0.05, 0) is 31.7 Å². The van der Waals surface area contributed by atoms with Gasteiger partial charge in [-0.2, -0.15) is 0 Å². The zero-order valence-corrected chi connectivity index (χ0v) is 10.6. The molecule has 1 saturated carbocycles. The van der Waals surface area contributed by atoms with Gasteiger partial charge in [-0.1, -0.05) is 24.4 Å². The standard InChI is InChI=1S/C13H17ClN2O/c14-12-8-10(9-4-1-2-5-9)15-13(16-12)11-6-3-7-17-11/h8-9,11H,1-7H2. The summed E-state index contributed by atoms with van der Waals surface area (Å²) >= 11 is 6.10. The number of halogens is 1. The van der Waals surface area contributed by atoms with Crippen molar-refractivity contribution in [2.45, 2.75) is 50.5 Å². The molecule has 1 atom stereocenters. The molecule has 1 unspecified atom stereocenters. The Morgan fingerprint density at radius 1 is 1.12 bits per heavy atom. The SMILES string of the molecule is Clc1cc(C2CCCC2)nc(C2CCCO2)n1. The Morgan fingerprint density at radius 2 is 1.94 bits per heavy atom. The Balaban J connectivity index is 1.88. The monoisotopic (exact) mass is 252 g/mol. The highest BCUT2D eigenvalue weighted by Crippen LogP contribution is 2.35. The quantitative estimate of drug-likeness (QED) is 0.754. The minimum Gasteiger partial charge on any atom is -0.370 e. The number of hydrogen-bond acceptors (Lipinski definition) is 3. The highest BCUT2D eigenvalue weighted by atomic mass is 35.5. The molecular weight excluding hydrogens is 236 g/mol. The molecule has 1 aliphatic carbocycles. The molecule has 0 N–H and O–H groups in total. The molecule has 3 nitrogen and oxygen atoms in total. The molecule has 0 amide bonds. The Hall–Kier alpha value is -0.670. The zero-order chi connectivity index (χ0) is 11.7. The van der Waals surface area contributed by atoms with Gasteiger partial charge < -0.3 is 4.74 Å². The fraction of sp³-hybridized carbons (Fsp3) is 0.692. The zero-order valence-electron chi connectivity index (χ0n) is 9.86. The molecule has 1 aromatic rings. The average molecular weight is 253 g/mol. The molecule has 0 spiro atoms. The maximum Gasteiger partial charge on any atom is 0.159 e. The van der Waals surface area contributed by atoms with Gasteiger partial charge in [0.15, 0.2) is 5.82 Å². The third-order valence-corrected chi connectivity index (χ3v) is 3.92. The largest absolute Gasteiger partial charge is 0.370 e. The maximum atomic E-state index is 6.10. The summed E-state index contributed by atoms with van der Waals surface area (Å²) in [6, 6.07) is 1.93. The lowest BCUT2D eigenvalue weighted by Gasteiger charge is -2.13. The smallest absolute Gasteiger partial charge is 0.159 e. The van der Waals surface area contributed by atoms with Crippen LogP contribution in [0.4, 0.5) is 0 Å². The van der Waals surface area contributed by atoms with E-state index in [9.17, 15) is 0 Å². The third-order valence-electron chi connectivity index (χ3n) is 3.72. The Bertz CT molecular complexity index is 364. The average Bonchev–Trinajstić information content (AvgIpc) is 3.02. The van der Waals surface area contributed by atoms with Gasteiger partial charge in [0.05, 0.1) is 0 Å². The number of hydrogen-bond donors (Lipinski definition) is 0. The van der Waals surface area contributed by atoms with Crippen molar-refractivity contribution in [2.75, 3.05) is 6.61 Å². The molecule has 0 bridgehead atoms. The Morgan fingerprint density at radius 3 is 2.65 bits per heavy atom. The first-order chi connectivity index (χ1) is 8.33. The van der Waals surface area contributed by atoms with E-state index in [1.807, 2.05) is 6.07 Å². The fourth-order valence-electron chi connectivity index (χ4n) is 2.81. The lowest BCUT2D eigenvalue weighted by Crippen LogP contribution is -2.07. The number of ether oxygens (including phenoxy) is 1. The van der Waals surface area contributed by atoms with Crippen LogP contribution in [0, 0.1) is 0 Å². The van der Waals surface area contributed by atoms with Crippen LogP contribution in [0.3, 0.4) is 0 Å². The van der Waals surface area contributed by atoms with Gasteiger partial charge in [0, 0.05) is 18.2 Å². The van der Waals surface area contributed by atoms with Gasteiger partial charge in [-0.15, -0.1) is 0 Å². The molecule has 0 aromatic carbocycles. The fourth-order valence-corrected chi connectivity index (χ4v) is 3.01. The summed E-state index contributed by atoms with van der Waals surface area (Å²) in [5, 5.41) is 0.562. The summed E-state index contributed by atoms with van der Waals surface area (Å²) in [6.45, 7) is 0.819. The second kappa shape index (κ2) is 4.91. The van der Waals surface area contributed by atoms with Gasteiger partial charge in [0.25, 0.3) is 0 Å². The van der Waals surface area contributed by atoms with Gasteiger partial charge >= 0.3 is 0 Å². The van der Waals surface area contributed by atoms with Gasteiger partial charge in [-0.25, -0.2) is 9.97 Å². The number of nitrogens with zero attached hydrogens (tertiary/aromatic N) is 2. The first-order valence-electron chi connectivity index (χ1n) is 6.49. The predicted molar refractivity (Wildman–Crippen MR) is 66.2 cm³/mol. The maximum absolute atomic E-state index is 6.10. The van der Waals surface area contributed by atoms with E-state index in [0.717, 1.165) is 31.0 Å². The van der Waals surface area contributed by atoms with Gasteiger partial charge in [0.2, 0.25) is 0 Å². The third kappa shape index (κ3) is 2.45. The minimum atomic E-state index is 0.0638. The summed E-state index contributed by atoms with van der Waals surface area (Å²) in [7, 11) is 0. The molecule has 17 heavy (non-hydrogen) atoms. The Labute approximate surface area is 107 Å². The van der Waals surface area contributed by atoms with Crippen LogP contribution in [-0.4, -0.2) is 16.6 Å². The summed E-state index contributed by atoms with van der Waals surface area (Å²) in [5.41, 5.74) is 1.12. The van der Waals surface area contributed by atoms with E-state index in [0.29, 0.717) is 11.1 Å². The van der Waals surface area contributed by atoms with Crippen LogP contribution in [0.5, 0.6) is 0 Å². The van der Waals surface area contributed by atoms with Crippen LogP contribution in [0.2, 0.25) is 5.15 Å². The van der Waals surface area contributed by atoms with Crippen LogP contribution in [-0.2, 0) is 4.74 Å². The van der Waals surface area contributed by atoms with Crippen LogP contribution in [0.25, 0.3) is 0 Å². The molecule has 2 fully saturated rings. The van der Waals surface area contributed by atoms with E-state index in [4.69, 9.17) is 16.3 Å². The molecule has 0 radical (unpaired) electrons. The van der Waals surface area contributed by atoms with Crippen molar-refractivity contribution >= 4 is 11.6 Å². The molecule has 2 heterocycles. The van der Waals surface area contributed by atoms with Crippen molar-refractivity contribution in [3.8, 4) is 0 Å². The van der Waals surface area contributed by atoms with E-state index in [-0.39, 0.29) is 6.10 Å². The molecule has 92 valence electrons. The molecule has 1 aromatic heterocycles. The van der Waals surface area contributed by atoms with Crippen LogP contribution in [0.1, 0.15) is 62.1 Å². The van der Waals surface area contributed by atoms with Crippen molar-refractivity contribution < 1.29 is 4.74 Å². The minimum absolute atomic E-state index is 0.0638. The van der Waals surface area contributed by atoms with E-state index in [1.165, 1.54) is 25.7 Å². The van der Waals surface area contributed by atoms with E-state index < -0.39 is 0 Å². The normalized spacial score (nSPS) is 25.6. The number of aromatic nitrogens is 2. The first kappa shape index (κ1) is 11.4. The van der Waals surface area contributed by atoms with Crippen molar-refractivity contribution in [3.05, 3.63) is 22.7 Å². The molecular formula is C13H17ClN2O. The van der Waals surface area contributed by atoms with Crippen molar-refractivity contribution in [1.29, 1.82) is 0 Å². The van der Waals surface area contributed by atoms with Crippen LogP contribution >= 0.6 is 11.6 Å². The highest BCUT2D eigenvalue weighted by molar-refractivity contribution is 6.29. The van der Waals surface area contributed by atoms with Crippen LogP contribution < -0.4 is 0 Å². The molecule has 1 aliphatic heterocycles. The van der Waals surface area contributed by atoms with E-state index in [2.05, 4.69) is 9.97 Å². The summed E-state index contributed by atoms with van der Waals surface area (Å²) in [4.78, 5) is 8.99. The summed E-state index contributed by atoms with van der Waals surface area (Å²) in [6.07, 6.45) is 7.26. The van der Waals surface area contributed by atoms with Gasteiger partial charge in [-0.3, -0.25) is 0 Å². The second-order valence-corrected chi connectivity index (χ2v) is 5.34. The van der Waals surface area contributed by atoms with E-state index in [1.54, 1.807) is 0 Å². The van der Waals surface area contributed by atoms with E-state index >= 15 is 0 Å².